The van der Waals surface area contributed by atoms with Crippen LogP contribution in [0.4, 0.5) is 4.39 Å². The zero-order chi connectivity index (χ0) is 22.5. The van der Waals surface area contributed by atoms with Crippen molar-refractivity contribution >= 4 is 23.2 Å². The molecule has 32 heavy (non-hydrogen) atoms. The number of amides is 2. The molecule has 0 saturated carbocycles. The molecule has 0 aliphatic carbocycles. The molecule has 0 N–H and O–H groups in total. The highest BCUT2D eigenvalue weighted by Gasteiger charge is 2.33. The molecule has 0 bridgehead atoms. The van der Waals surface area contributed by atoms with Crippen molar-refractivity contribution in [2.75, 3.05) is 19.6 Å². The summed E-state index contributed by atoms with van der Waals surface area (Å²) in [6.07, 6.45) is 1.86. The molecule has 6 heteroatoms. The predicted molar refractivity (Wildman–Crippen MR) is 125 cm³/mol. The second-order valence-electron chi connectivity index (χ2n) is 8.07. The van der Waals surface area contributed by atoms with Crippen molar-refractivity contribution in [3.05, 3.63) is 93.4 Å². The SMILES string of the molecule is CCCN(CC(=O)N1CCc2sccc2C1c1ccc(F)cc1)C(=O)Cc1ccccc1. The maximum atomic E-state index is 13.5. The van der Waals surface area contributed by atoms with E-state index in [9.17, 15) is 14.0 Å². The fraction of sp³-hybridized carbons (Fsp3) is 0.308. The van der Waals surface area contributed by atoms with E-state index in [4.69, 9.17) is 0 Å². The van der Waals surface area contributed by atoms with Crippen LogP contribution in [-0.4, -0.2) is 41.2 Å². The van der Waals surface area contributed by atoms with Gasteiger partial charge in [-0.2, -0.15) is 0 Å². The van der Waals surface area contributed by atoms with Gasteiger partial charge in [0.25, 0.3) is 0 Å². The highest BCUT2D eigenvalue weighted by Crippen LogP contribution is 2.37. The lowest BCUT2D eigenvalue weighted by molar-refractivity contribution is -0.141. The van der Waals surface area contributed by atoms with Crippen LogP contribution in [-0.2, 0) is 22.4 Å². The molecular formula is C26H27FN2O2S. The Labute approximate surface area is 192 Å². The predicted octanol–water partition coefficient (Wildman–Crippen LogP) is 4.84. The molecule has 2 amide bonds. The molecule has 1 aromatic heterocycles. The zero-order valence-electron chi connectivity index (χ0n) is 18.2. The van der Waals surface area contributed by atoms with E-state index in [0.29, 0.717) is 13.1 Å². The first-order valence-corrected chi connectivity index (χ1v) is 11.9. The first kappa shape index (κ1) is 22.2. The Morgan fingerprint density at radius 3 is 2.56 bits per heavy atom. The fourth-order valence-corrected chi connectivity index (χ4v) is 5.19. The van der Waals surface area contributed by atoms with Gasteiger partial charge in [-0.25, -0.2) is 4.39 Å². The van der Waals surface area contributed by atoms with Gasteiger partial charge in [-0.1, -0.05) is 49.4 Å². The second-order valence-corrected chi connectivity index (χ2v) is 9.07. The number of rotatable bonds is 7. The van der Waals surface area contributed by atoms with Crippen LogP contribution in [0, 0.1) is 5.82 Å². The molecular weight excluding hydrogens is 423 g/mol. The lowest BCUT2D eigenvalue weighted by Crippen LogP contribution is -2.47. The van der Waals surface area contributed by atoms with Crippen molar-refractivity contribution in [1.82, 2.24) is 9.80 Å². The Morgan fingerprint density at radius 1 is 1.09 bits per heavy atom. The van der Waals surface area contributed by atoms with Gasteiger partial charge in [0.05, 0.1) is 19.0 Å². The quantitative estimate of drug-likeness (QED) is 0.517. The van der Waals surface area contributed by atoms with Crippen molar-refractivity contribution in [3.63, 3.8) is 0 Å². The number of hydrogen-bond acceptors (Lipinski definition) is 3. The third kappa shape index (κ3) is 4.91. The molecule has 4 rings (SSSR count). The Hall–Kier alpha value is -2.99. The first-order valence-electron chi connectivity index (χ1n) is 11.0. The highest BCUT2D eigenvalue weighted by atomic mass is 32.1. The molecule has 0 radical (unpaired) electrons. The van der Waals surface area contributed by atoms with Crippen LogP contribution in [0.3, 0.4) is 0 Å². The zero-order valence-corrected chi connectivity index (χ0v) is 19.0. The Morgan fingerprint density at radius 2 is 1.84 bits per heavy atom. The largest absolute Gasteiger partial charge is 0.333 e. The van der Waals surface area contributed by atoms with E-state index in [0.717, 1.165) is 29.5 Å². The van der Waals surface area contributed by atoms with Gasteiger partial charge in [-0.3, -0.25) is 9.59 Å². The van der Waals surface area contributed by atoms with Gasteiger partial charge in [0.2, 0.25) is 11.8 Å². The standard InChI is InChI=1S/C26H27FN2O2S/c1-2-14-28(24(30)17-19-6-4-3-5-7-19)18-25(31)29-15-12-23-22(13-16-32-23)26(29)20-8-10-21(27)11-9-20/h3-11,13,16,26H,2,12,14-15,17-18H2,1H3. The average Bonchev–Trinajstić information content (AvgIpc) is 3.28. The summed E-state index contributed by atoms with van der Waals surface area (Å²) in [5.41, 5.74) is 2.92. The second kappa shape index (κ2) is 10.1. The molecule has 4 nitrogen and oxygen atoms in total. The van der Waals surface area contributed by atoms with Crippen LogP contribution in [0.15, 0.2) is 66.0 Å². The summed E-state index contributed by atoms with van der Waals surface area (Å²) in [6, 6.07) is 17.8. The van der Waals surface area contributed by atoms with Crippen LogP contribution < -0.4 is 0 Å². The highest BCUT2D eigenvalue weighted by molar-refractivity contribution is 7.10. The first-order chi connectivity index (χ1) is 15.6. The summed E-state index contributed by atoms with van der Waals surface area (Å²) in [5, 5.41) is 2.04. The Balaban J connectivity index is 1.55. The summed E-state index contributed by atoms with van der Waals surface area (Å²) in [7, 11) is 0. The van der Waals surface area contributed by atoms with Crippen LogP contribution in [0.1, 0.15) is 41.0 Å². The lowest BCUT2D eigenvalue weighted by Gasteiger charge is -2.37. The molecule has 1 aliphatic rings. The molecule has 3 aromatic rings. The van der Waals surface area contributed by atoms with E-state index in [1.807, 2.05) is 47.5 Å². The fourth-order valence-electron chi connectivity index (χ4n) is 4.29. The summed E-state index contributed by atoms with van der Waals surface area (Å²) in [6.45, 7) is 3.18. The third-order valence-electron chi connectivity index (χ3n) is 5.84. The number of fused-ring (bicyclic) bond motifs is 1. The van der Waals surface area contributed by atoms with E-state index in [1.165, 1.54) is 17.0 Å². The maximum absolute atomic E-state index is 13.5. The molecule has 0 fully saturated rings. The van der Waals surface area contributed by atoms with Gasteiger partial charge in [0, 0.05) is 18.0 Å². The van der Waals surface area contributed by atoms with Gasteiger partial charge in [-0.05, 0) is 53.1 Å². The summed E-state index contributed by atoms with van der Waals surface area (Å²) in [4.78, 5) is 31.2. The molecule has 1 atom stereocenters. The molecule has 166 valence electrons. The minimum atomic E-state index is -0.298. The van der Waals surface area contributed by atoms with Crippen LogP contribution in [0.25, 0.3) is 0 Å². The monoisotopic (exact) mass is 450 g/mol. The smallest absolute Gasteiger partial charge is 0.242 e. The summed E-state index contributed by atoms with van der Waals surface area (Å²) >= 11 is 1.69. The number of benzene rings is 2. The third-order valence-corrected chi connectivity index (χ3v) is 6.84. The molecule has 1 aliphatic heterocycles. The van der Waals surface area contributed by atoms with E-state index in [-0.39, 0.29) is 36.6 Å². The van der Waals surface area contributed by atoms with E-state index < -0.39 is 0 Å². The molecule has 2 heterocycles. The number of hydrogen-bond donors (Lipinski definition) is 0. The van der Waals surface area contributed by atoms with Gasteiger partial charge in [0.1, 0.15) is 5.82 Å². The van der Waals surface area contributed by atoms with Crippen molar-refractivity contribution in [1.29, 1.82) is 0 Å². The number of carbonyl (C=O) groups is 2. The summed E-state index contributed by atoms with van der Waals surface area (Å²) in [5.74, 6) is -0.419. The van der Waals surface area contributed by atoms with Crippen LogP contribution in [0.5, 0.6) is 0 Å². The average molecular weight is 451 g/mol. The minimum Gasteiger partial charge on any atom is -0.333 e. The Bertz CT molecular complexity index is 1060. The normalized spacial score (nSPS) is 15.3. The molecule has 0 saturated heterocycles. The van der Waals surface area contributed by atoms with Gasteiger partial charge in [0.15, 0.2) is 0 Å². The maximum Gasteiger partial charge on any atom is 0.242 e. The molecule has 2 aromatic carbocycles. The van der Waals surface area contributed by atoms with Gasteiger partial charge in [-0.15, -0.1) is 11.3 Å². The topological polar surface area (TPSA) is 40.6 Å². The summed E-state index contributed by atoms with van der Waals surface area (Å²) < 4.78 is 13.5. The van der Waals surface area contributed by atoms with Crippen molar-refractivity contribution in [2.45, 2.75) is 32.2 Å². The van der Waals surface area contributed by atoms with Crippen LogP contribution in [0.2, 0.25) is 0 Å². The van der Waals surface area contributed by atoms with Crippen LogP contribution >= 0.6 is 11.3 Å². The number of carbonyl (C=O) groups excluding carboxylic acids is 2. The lowest BCUT2D eigenvalue weighted by atomic mass is 9.93. The van der Waals surface area contributed by atoms with E-state index in [2.05, 4.69) is 6.07 Å². The van der Waals surface area contributed by atoms with Gasteiger partial charge < -0.3 is 9.80 Å². The number of nitrogens with zero attached hydrogens (tertiary/aromatic N) is 2. The molecule has 0 spiro atoms. The number of thiophene rings is 1. The van der Waals surface area contributed by atoms with Crippen molar-refractivity contribution < 1.29 is 14.0 Å². The van der Waals surface area contributed by atoms with Crippen molar-refractivity contribution in [3.8, 4) is 0 Å². The van der Waals surface area contributed by atoms with Crippen molar-refractivity contribution in [2.24, 2.45) is 0 Å². The van der Waals surface area contributed by atoms with E-state index in [1.54, 1.807) is 28.4 Å². The molecule has 1 unspecified atom stereocenters. The van der Waals surface area contributed by atoms with Gasteiger partial charge >= 0.3 is 0 Å². The van der Waals surface area contributed by atoms with E-state index >= 15 is 0 Å². The minimum absolute atomic E-state index is 0.0436. The number of halogens is 1. The Kier molecular flexibility index (Phi) is 7.00.